The maximum atomic E-state index is 12.5. The molecular formula is C13H21BrN2O3S. The smallest absolute Gasteiger partial charge is 0.244 e. The lowest BCUT2D eigenvalue weighted by molar-refractivity contribution is 0.401. The predicted octanol–water partition coefficient (Wildman–Crippen LogP) is 2.90. The molecule has 0 aromatic heterocycles. The molecule has 0 radical (unpaired) electrons. The fraction of sp³-hybridized carbons (Fsp3) is 0.538. The van der Waals surface area contributed by atoms with Crippen molar-refractivity contribution in [3.05, 3.63) is 16.6 Å². The molecule has 1 rings (SSSR count). The van der Waals surface area contributed by atoms with Gasteiger partial charge in [-0.3, -0.25) is 0 Å². The van der Waals surface area contributed by atoms with Gasteiger partial charge in [0.05, 0.1) is 7.11 Å². The van der Waals surface area contributed by atoms with Crippen LogP contribution in [0.5, 0.6) is 5.75 Å². The van der Waals surface area contributed by atoms with Crippen molar-refractivity contribution in [2.75, 3.05) is 12.8 Å². The van der Waals surface area contributed by atoms with Crippen LogP contribution >= 0.6 is 15.9 Å². The van der Waals surface area contributed by atoms with E-state index in [0.717, 1.165) is 19.3 Å². The van der Waals surface area contributed by atoms with Gasteiger partial charge in [-0.25, -0.2) is 13.1 Å². The molecule has 1 aromatic carbocycles. The molecule has 1 atom stereocenters. The van der Waals surface area contributed by atoms with E-state index in [1.807, 2.05) is 13.8 Å². The van der Waals surface area contributed by atoms with Gasteiger partial charge in [-0.1, -0.05) is 20.3 Å². The van der Waals surface area contributed by atoms with Crippen LogP contribution in [0.1, 0.15) is 33.1 Å². The third-order valence-electron chi connectivity index (χ3n) is 3.02. The Morgan fingerprint density at radius 2 is 2.05 bits per heavy atom. The quantitative estimate of drug-likeness (QED) is 0.728. The van der Waals surface area contributed by atoms with Crippen LogP contribution in [-0.4, -0.2) is 21.6 Å². The van der Waals surface area contributed by atoms with Gasteiger partial charge in [0.25, 0.3) is 0 Å². The molecule has 5 nitrogen and oxygen atoms in total. The van der Waals surface area contributed by atoms with Gasteiger partial charge >= 0.3 is 0 Å². The zero-order chi connectivity index (χ0) is 15.3. The summed E-state index contributed by atoms with van der Waals surface area (Å²) in [5.41, 5.74) is 6.12. The lowest BCUT2D eigenvalue weighted by Crippen LogP contribution is -2.34. The number of hydrogen-bond acceptors (Lipinski definition) is 4. The van der Waals surface area contributed by atoms with E-state index >= 15 is 0 Å². The molecule has 1 aromatic rings. The summed E-state index contributed by atoms with van der Waals surface area (Å²) in [6.45, 7) is 3.98. The lowest BCUT2D eigenvalue weighted by atomic mass is 10.1. The highest BCUT2D eigenvalue weighted by Gasteiger charge is 2.23. The van der Waals surface area contributed by atoms with E-state index in [9.17, 15) is 8.42 Å². The average molecular weight is 365 g/mol. The van der Waals surface area contributed by atoms with Gasteiger partial charge in [0.15, 0.2) is 0 Å². The number of nitrogens with one attached hydrogen (secondary N) is 1. The molecule has 0 amide bonds. The van der Waals surface area contributed by atoms with Crippen LogP contribution in [0.25, 0.3) is 0 Å². The maximum absolute atomic E-state index is 12.5. The second kappa shape index (κ2) is 7.28. The number of nitrogen functional groups attached to an aromatic ring is 1. The van der Waals surface area contributed by atoms with E-state index in [0.29, 0.717) is 10.2 Å². The molecule has 0 saturated heterocycles. The summed E-state index contributed by atoms with van der Waals surface area (Å²) >= 11 is 3.26. The largest absolute Gasteiger partial charge is 0.495 e. The molecule has 3 N–H and O–H groups in total. The van der Waals surface area contributed by atoms with Crippen molar-refractivity contribution in [1.82, 2.24) is 4.72 Å². The molecule has 114 valence electrons. The highest BCUT2D eigenvalue weighted by Crippen LogP contribution is 2.32. The number of halogens is 1. The highest BCUT2D eigenvalue weighted by molar-refractivity contribution is 9.10. The Labute approximate surface area is 129 Å². The molecule has 0 aliphatic heterocycles. The van der Waals surface area contributed by atoms with E-state index in [-0.39, 0.29) is 16.7 Å². The Bertz CT molecular complexity index is 561. The number of hydrogen-bond donors (Lipinski definition) is 2. The highest BCUT2D eigenvalue weighted by atomic mass is 79.9. The van der Waals surface area contributed by atoms with Crippen molar-refractivity contribution in [3.63, 3.8) is 0 Å². The molecule has 0 heterocycles. The first-order valence-electron chi connectivity index (χ1n) is 6.51. The van der Waals surface area contributed by atoms with Crippen LogP contribution in [0.2, 0.25) is 0 Å². The summed E-state index contributed by atoms with van der Waals surface area (Å²) in [5.74, 6) is 0.268. The summed E-state index contributed by atoms with van der Waals surface area (Å²) in [5, 5.41) is 0. The van der Waals surface area contributed by atoms with E-state index < -0.39 is 10.0 Å². The number of ether oxygens (including phenoxy) is 1. The summed E-state index contributed by atoms with van der Waals surface area (Å²) in [6.07, 6.45) is 2.45. The minimum atomic E-state index is -3.65. The Balaban J connectivity index is 3.17. The van der Waals surface area contributed by atoms with Crippen molar-refractivity contribution in [2.45, 2.75) is 44.0 Å². The third kappa shape index (κ3) is 4.10. The van der Waals surface area contributed by atoms with Crippen LogP contribution in [0.15, 0.2) is 21.5 Å². The topological polar surface area (TPSA) is 81.4 Å². The molecular weight excluding hydrogens is 344 g/mol. The first-order valence-corrected chi connectivity index (χ1v) is 8.78. The van der Waals surface area contributed by atoms with Crippen molar-refractivity contribution in [3.8, 4) is 5.75 Å². The summed E-state index contributed by atoms with van der Waals surface area (Å²) in [6, 6.07) is 2.88. The molecule has 20 heavy (non-hydrogen) atoms. The molecule has 7 heteroatoms. The first-order chi connectivity index (χ1) is 9.35. The Morgan fingerprint density at radius 1 is 1.40 bits per heavy atom. The molecule has 0 aliphatic rings. The number of sulfonamides is 1. The van der Waals surface area contributed by atoms with E-state index in [1.165, 1.54) is 13.2 Å². The second-order valence-corrected chi connectivity index (χ2v) is 7.08. The van der Waals surface area contributed by atoms with Crippen molar-refractivity contribution < 1.29 is 13.2 Å². The van der Waals surface area contributed by atoms with Gasteiger partial charge < -0.3 is 10.5 Å². The van der Waals surface area contributed by atoms with Crippen LogP contribution in [0.3, 0.4) is 0 Å². The standard InChI is InChI=1S/C13H21BrN2O3S/c1-4-6-9(5-2)16-20(17,18)13-8-11(15)10(14)7-12(13)19-3/h7-9,16H,4-6,15H2,1-3H3. The van der Waals surface area contributed by atoms with Crippen molar-refractivity contribution in [1.29, 1.82) is 0 Å². The zero-order valence-corrected chi connectivity index (χ0v) is 14.3. The Hall–Kier alpha value is -0.790. The minimum absolute atomic E-state index is 0.0650. The lowest BCUT2D eigenvalue weighted by Gasteiger charge is -2.18. The Kier molecular flexibility index (Phi) is 6.29. The van der Waals surface area contributed by atoms with Crippen molar-refractivity contribution in [2.24, 2.45) is 0 Å². The van der Waals surface area contributed by atoms with Crippen LogP contribution < -0.4 is 15.2 Å². The number of nitrogens with two attached hydrogens (primary N) is 1. The number of methoxy groups -OCH3 is 1. The minimum Gasteiger partial charge on any atom is -0.495 e. The number of benzene rings is 1. The summed E-state index contributed by atoms with van der Waals surface area (Å²) < 4.78 is 33.4. The van der Waals surface area contributed by atoms with E-state index in [1.54, 1.807) is 6.07 Å². The van der Waals surface area contributed by atoms with Crippen LogP contribution in [-0.2, 0) is 10.0 Å². The van der Waals surface area contributed by atoms with Gasteiger partial charge in [0.1, 0.15) is 10.6 Å². The molecule has 0 aliphatic carbocycles. The number of anilines is 1. The number of rotatable bonds is 7. The normalized spacial score (nSPS) is 13.2. The predicted molar refractivity (Wildman–Crippen MR) is 84.4 cm³/mol. The molecule has 0 fully saturated rings. The molecule has 1 unspecified atom stereocenters. The molecule has 0 bridgehead atoms. The maximum Gasteiger partial charge on any atom is 0.244 e. The fourth-order valence-electron chi connectivity index (χ4n) is 1.90. The van der Waals surface area contributed by atoms with Gasteiger partial charge in [-0.15, -0.1) is 0 Å². The second-order valence-electron chi connectivity index (χ2n) is 4.54. The fourth-order valence-corrected chi connectivity index (χ4v) is 3.76. The van der Waals surface area contributed by atoms with E-state index in [2.05, 4.69) is 20.7 Å². The monoisotopic (exact) mass is 364 g/mol. The summed E-state index contributed by atoms with van der Waals surface area (Å²) in [7, 11) is -2.22. The third-order valence-corrected chi connectivity index (χ3v) is 5.25. The SMILES string of the molecule is CCCC(CC)NS(=O)(=O)c1cc(N)c(Br)cc1OC. The van der Waals surface area contributed by atoms with Gasteiger partial charge in [0.2, 0.25) is 10.0 Å². The van der Waals surface area contributed by atoms with E-state index in [4.69, 9.17) is 10.5 Å². The zero-order valence-electron chi connectivity index (χ0n) is 11.9. The first kappa shape index (κ1) is 17.3. The molecule has 0 spiro atoms. The Morgan fingerprint density at radius 3 is 2.55 bits per heavy atom. The summed E-state index contributed by atoms with van der Waals surface area (Å²) in [4.78, 5) is 0.0650. The van der Waals surface area contributed by atoms with Crippen LogP contribution in [0.4, 0.5) is 5.69 Å². The van der Waals surface area contributed by atoms with Gasteiger partial charge in [-0.05, 0) is 40.9 Å². The van der Waals surface area contributed by atoms with Gasteiger partial charge in [0, 0.05) is 16.2 Å². The van der Waals surface area contributed by atoms with Crippen LogP contribution in [0, 0.1) is 0 Å². The average Bonchev–Trinajstić information content (AvgIpc) is 2.40. The van der Waals surface area contributed by atoms with Crippen molar-refractivity contribution >= 4 is 31.6 Å². The molecule has 0 saturated carbocycles. The van der Waals surface area contributed by atoms with Gasteiger partial charge in [-0.2, -0.15) is 0 Å².